The van der Waals surface area contributed by atoms with E-state index < -0.39 is 6.04 Å². The Kier molecular flexibility index (Phi) is 5.61. The first-order valence-electron chi connectivity index (χ1n) is 9.88. The number of benzene rings is 2. The molecule has 0 aliphatic heterocycles. The van der Waals surface area contributed by atoms with Crippen LogP contribution >= 0.6 is 0 Å². The molecule has 0 bridgehead atoms. The highest BCUT2D eigenvalue weighted by Crippen LogP contribution is 2.13. The van der Waals surface area contributed by atoms with Crippen LogP contribution < -0.4 is 10.6 Å². The lowest BCUT2D eigenvalue weighted by atomic mass is 10.1. The van der Waals surface area contributed by atoms with Crippen LogP contribution in [0.5, 0.6) is 0 Å². The molecule has 2 aromatic carbocycles. The number of rotatable bonds is 7. The molecule has 0 saturated heterocycles. The SMILES string of the molecule is CCC(NC(=O)c1ccc2[nH]ncc2c1)C(=O)NCc1cccc(-n2cccc2)c1. The summed E-state index contributed by atoms with van der Waals surface area (Å²) in [6.07, 6.45) is 6.11. The van der Waals surface area contributed by atoms with Crippen molar-refractivity contribution in [2.45, 2.75) is 25.9 Å². The molecule has 1 unspecified atom stereocenters. The van der Waals surface area contributed by atoms with E-state index in [9.17, 15) is 9.59 Å². The normalized spacial score (nSPS) is 11.9. The Morgan fingerprint density at radius 1 is 1.10 bits per heavy atom. The highest BCUT2D eigenvalue weighted by molar-refractivity contribution is 6.00. The average Bonchev–Trinajstić information content (AvgIpc) is 3.47. The molecule has 4 rings (SSSR count). The molecule has 0 radical (unpaired) electrons. The van der Waals surface area contributed by atoms with Crippen molar-refractivity contribution in [1.29, 1.82) is 0 Å². The third kappa shape index (κ3) is 4.25. The van der Waals surface area contributed by atoms with Crippen molar-refractivity contribution in [3.8, 4) is 5.69 Å². The molecule has 1 atom stereocenters. The minimum atomic E-state index is -0.606. The molecule has 0 aliphatic rings. The molecule has 3 N–H and O–H groups in total. The maximum Gasteiger partial charge on any atom is 0.251 e. The third-order valence-corrected chi connectivity index (χ3v) is 5.01. The standard InChI is InChI=1S/C23H23N5O2/c1-2-20(26-22(29)17-8-9-21-18(13-17)15-25-27-21)23(30)24-14-16-6-5-7-19(12-16)28-10-3-4-11-28/h3-13,15,20H,2,14H2,1H3,(H,24,30)(H,25,27)(H,26,29). The number of carbonyl (C=O) groups excluding carboxylic acids is 2. The first-order valence-corrected chi connectivity index (χ1v) is 9.88. The van der Waals surface area contributed by atoms with Crippen molar-refractivity contribution in [2.75, 3.05) is 0 Å². The number of H-pyrrole nitrogens is 1. The Hall–Kier alpha value is -3.87. The summed E-state index contributed by atoms with van der Waals surface area (Å²) in [7, 11) is 0. The van der Waals surface area contributed by atoms with Crippen LogP contribution in [0.25, 0.3) is 16.6 Å². The fourth-order valence-corrected chi connectivity index (χ4v) is 3.32. The highest BCUT2D eigenvalue weighted by Gasteiger charge is 2.19. The predicted octanol–water partition coefficient (Wildman–Crippen LogP) is 3.18. The summed E-state index contributed by atoms with van der Waals surface area (Å²) in [5.74, 6) is -0.490. The number of aromatic nitrogens is 3. The third-order valence-electron chi connectivity index (χ3n) is 5.01. The number of hydrogen-bond donors (Lipinski definition) is 3. The number of hydrogen-bond acceptors (Lipinski definition) is 3. The first kappa shape index (κ1) is 19.4. The van der Waals surface area contributed by atoms with E-state index in [0.717, 1.165) is 22.2 Å². The molecule has 2 amide bonds. The predicted molar refractivity (Wildman–Crippen MR) is 115 cm³/mol. The first-order chi connectivity index (χ1) is 14.6. The minimum Gasteiger partial charge on any atom is -0.350 e. The average molecular weight is 401 g/mol. The largest absolute Gasteiger partial charge is 0.350 e. The van der Waals surface area contributed by atoms with Crippen LogP contribution in [-0.4, -0.2) is 32.6 Å². The van der Waals surface area contributed by atoms with Crippen molar-refractivity contribution >= 4 is 22.7 Å². The van der Waals surface area contributed by atoms with Crippen LogP contribution in [0.3, 0.4) is 0 Å². The number of amides is 2. The van der Waals surface area contributed by atoms with E-state index in [4.69, 9.17) is 0 Å². The lowest BCUT2D eigenvalue weighted by Crippen LogP contribution is -2.46. The van der Waals surface area contributed by atoms with Crippen LogP contribution in [0.15, 0.2) is 73.2 Å². The van der Waals surface area contributed by atoms with Crippen molar-refractivity contribution in [3.05, 3.63) is 84.3 Å². The second kappa shape index (κ2) is 8.65. The maximum absolute atomic E-state index is 12.7. The molecule has 30 heavy (non-hydrogen) atoms. The van der Waals surface area contributed by atoms with Gasteiger partial charge in [0.2, 0.25) is 5.91 Å². The van der Waals surface area contributed by atoms with Gasteiger partial charge in [-0.1, -0.05) is 19.1 Å². The summed E-state index contributed by atoms with van der Waals surface area (Å²) in [5.41, 5.74) is 3.37. The summed E-state index contributed by atoms with van der Waals surface area (Å²) >= 11 is 0. The van der Waals surface area contributed by atoms with Gasteiger partial charge in [-0.15, -0.1) is 0 Å². The van der Waals surface area contributed by atoms with Crippen molar-refractivity contribution in [3.63, 3.8) is 0 Å². The molecule has 0 spiro atoms. The summed E-state index contributed by atoms with van der Waals surface area (Å²) in [5, 5.41) is 13.4. The van der Waals surface area contributed by atoms with Gasteiger partial charge in [-0.25, -0.2) is 0 Å². The fourth-order valence-electron chi connectivity index (χ4n) is 3.32. The van der Waals surface area contributed by atoms with Gasteiger partial charge in [-0.3, -0.25) is 14.7 Å². The zero-order valence-electron chi connectivity index (χ0n) is 16.6. The summed E-state index contributed by atoms with van der Waals surface area (Å²) in [4.78, 5) is 25.3. The summed E-state index contributed by atoms with van der Waals surface area (Å²) in [6.45, 7) is 2.26. The zero-order valence-corrected chi connectivity index (χ0v) is 16.6. The molecule has 4 aromatic rings. The Morgan fingerprint density at radius 2 is 1.93 bits per heavy atom. The molecule has 2 heterocycles. The van der Waals surface area contributed by atoms with Crippen LogP contribution in [0.1, 0.15) is 29.3 Å². The van der Waals surface area contributed by atoms with Gasteiger partial charge in [-0.05, 0) is 54.4 Å². The van der Waals surface area contributed by atoms with Gasteiger partial charge in [0, 0.05) is 35.6 Å². The van der Waals surface area contributed by atoms with Gasteiger partial charge in [-0.2, -0.15) is 5.10 Å². The number of nitrogens with zero attached hydrogens (tertiary/aromatic N) is 2. The molecule has 7 nitrogen and oxygen atoms in total. The molecular weight excluding hydrogens is 378 g/mol. The van der Waals surface area contributed by atoms with Gasteiger partial charge < -0.3 is 15.2 Å². The lowest BCUT2D eigenvalue weighted by Gasteiger charge is -2.17. The van der Waals surface area contributed by atoms with Gasteiger partial charge in [0.05, 0.1) is 11.7 Å². The zero-order chi connectivity index (χ0) is 20.9. The van der Waals surface area contributed by atoms with Gasteiger partial charge in [0.15, 0.2) is 0 Å². The second-order valence-electron chi connectivity index (χ2n) is 7.08. The Morgan fingerprint density at radius 3 is 2.73 bits per heavy atom. The van der Waals surface area contributed by atoms with Crippen molar-refractivity contribution < 1.29 is 9.59 Å². The molecule has 7 heteroatoms. The van der Waals surface area contributed by atoms with Crippen molar-refractivity contribution in [1.82, 2.24) is 25.4 Å². The quantitative estimate of drug-likeness (QED) is 0.444. The monoisotopic (exact) mass is 401 g/mol. The molecule has 0 fully saturated rings. The van der Waals surface area contributed by atoms with Crippen LogP contribution in [0.4, 0.5) is 0 Å². The van der Waals surface area contributed by atoms with E-state index >= 15 is 0 Å². The number of aromatic amines is 1. The molecular formula is C23H23N5O2. The molecule has 0 saturated carbocycles. The fraction of sp³-hybridized carbons (Fsp3) is 0.174. The number of carbonyl (C=O) groups is 2. The Labute approximate surface area is 174 Å². The topological polar surface area (TPSA) is 91.8 Å². The summed E-state index contributed by atoms with van der Waals surface area (Å²) in [6, 6.07) is 16.6. The van der Waals surface area contributed by atoms with E-state index in [1.54, 1.807) is 24.4 Å². The van der Waals surface area contributed by atoms with E-state index in [2.05, 4.69) is 20.8 Å². The Balaban J connectivity index is 1.38. The minimum absolute atomic E-state index is 0.207. The van der Waals surface area contributed by atoms with E-state index in [1.807, 2.05) is 60.3 Å². The smallest absolute Gasteiger partial charge is 0.251 e. The van der Waals surface area contributed by atoms with Gasteiger partial charge >= 0.3 is 0 Å². The Bertz CT molecular complexity index is 1160. The molecule has 152 valence electrons. The lowest BCUT2D eigenvalue weighted by molar-refractivity contribution is -0.123. The van der Waals surface area contributed by atoms with Crippen LogP contribution in [-0.2, 0) is 11.3 Å². The maximum atomic E-state index is 12.7. The van der Waals surface area contributed by atoms with Crippen LogP contribution in [0, 0.1) is 0 Å². The van der Waals surface area contributed by atoms with E-state index in [-0.39, 0.29) is 11.8 Å². The summed E-state index contributed by atoms with van der Waals surface area (Å²) < 4.78 is 2.01. The van der Waals surface area contributed by atoms with Crippen molar-refractivity contribution in [2.24, 2.45) is 0 Å². The van der Waals surface area contributed by atoms with Gasteiger partial charge in [0.1, 0.15) is 6.04 Å². The van der Waals surface area contributed by atoms with E-state index in [1.165, 1.54) is 0 Å². The highest BCUT2D eigenvalue weighted by atomic mass is 16.2. The second-order valence-corrected chi connectivity index (χ2v) is 7.08. The molecule has 2 aromatic heterocycles. The number of fused-ring (bicyclic) bond motifs is 1. The number of nitrogens with one attached hydrogen (secondary N) is 3. The van der Waals surface area contributed by atoms with Gasteiger partial charge in [0.25, 0.3) is 5.91 Å². The van der Waals surface area contributed by atoms with E-state index in [0.29, 0.717) is 18.5 Å². The molecule has 0 aliphatic carbocycles. The van der Waals surface area contributed by atoms with Crippen LogP contribution in [0.2, 0.25) is 0 Å².